The molecule has 2 aromatic heterocycles. The minimum Gasteiger partial charge on any atom is -0.391 e. The number of nitrogens with zero attached hydrogens (tertiary/aromatic N) is 4. The highest BCUT2D eigenvalue weighted by molar-refractivity contribution is 5.92. The maximum Gasteiger partial charge on any atom is 0.152 e. The Balaban J connectivity index is 1.68. The van der Waals surface area contributed by atoms with Crippen LogP contribution in [0.1, 0.15) is 11.4 Å². The van der Waals surface area contributed by atoms with Crippen molar-refractivity contribution in [3.8, 4) is 0 Å². The van der Waals surface area contributed by atoms with Gasteiger partial charge in [0.05, 0.1) is 11.8 Å². The molecule has 134 valence electrons. The van der Waals surface area contributed by atoms with Gasteiger partial charge >= 0.3 is 0 Å². The van der Waals surface area contributed by atoms with Crippen LogP contribution in [0, 0.1) is 24.5 Å². The molecule has 0 radical (unpaired) electrons. The zero-order valence-electron chi connectivity index (χ0n) is 14.2. The fourth-order valence-corrected chi connectivity index (χ4v) is 3.58. The number of aromatic nitrogens is 3. The van der Waals surface area contributed by atoms with Crippen LogP contribution in [0.5, 0.6) is 0 Å². The van der Waals surface area contributed by atoms with E-state index >= 15 is 0 Å². The number of benzene rings is 1. The molecule has 2 atom stereocenters. The fourth-order valence-electron chi connectivity index (χ4n) is 3.58. The summed E-state index contributed by atoms with van der Waals surface area (Å²) >= 11 is 0. The van der Waals surface area contributed by atoms with Gasteiger partial charge in [-0.25, -0.2) is 13.8 Å². The first kappa shape index (κ1) is 16.8. The summed E-state index contributed by atoms with van der Waals surface area (Å²) in [5.41, 5.74) is 2.29. The second-order valence-electron chi connectivity index (χ2n) is 6.70. The molecule has 1 aromatic carbocycles. The van der Waals surface area contributed by atoms with E-state index < -0.39 is 17.7 Å². The van der Waals surface area contributed by atoms with Crippen LogP contribution in [0.4, 0.5) is 14.5 Å². The number of anilines is 1. The lowest BCUT2D eigenvalue weighted by Crippen LogP contribution is -2.21. The first-order valence-electron chi connectivity index (χ1n) is 8.45. The van der Waals surface area contributed by atoms with Crippen LogP contribution in [0.2, 0.25) is 0 Å². The van der Waals surface area contributed by atoms with E-state index in [2.05, 4.69) is 15.0 Å². The molecule has 1 N–H and O–H groups in total. The third kappa shape index (κ3) is 3.10. The first-order valence-corrected chi connectivity index (χ1v) is 8.45. The predicted octanol–water partition coefficient (Wildman–Crippen LogP) is 2.65. The Labute approximate surface area is 149 Å². The van der Waals surface area contributed by atoms with Gasteiger partial charge < -0.3 is 10.0 Å². The molecule has 1 fully saturated rings. The number of halogens is 2. The number of aryl methyl sites for hydroxylation is 1. The van der Waals surface area contributed by atoms with Crippen LogP contribution < -0.4 is 4.90 Å². The van der Waals surface area contributed by atoms with E-state index in [-0.39, 0.29) is 11.4 Å². The topological polar surface area (TPSA) is 62.1 Å². The number of hydrogen-bond acceptors (Lipinski definition) is 5. The molecule has 0 unspecified atom stereocenters. The van der Waals surface area contributed by atoms with Crippen molar-refractivity contribution in [1.29, 1.82) is 0 Å². The molecule has 0 spiro atoms. The lowest BCUT2D eigenvalue weighted by Gasteiger charge is -2.21. The summed E-state index contributed by atoms with van der Waals surface area (Å²) in [6.45, 7) is 2.73. The number of fused-ring (bicyclic) bond motifs is 1. The Hall–Kier alpha value is -2.67. The van der Waals surface area contributed by atoms with Crippen molar-refractivity contribution in [3.63, 3.8) is 0 Å². The van der Waals surface area contributed by atoms with Crippen molar-refractivity contribution in [1.82, 2.24) is 15.0 Å². The Morgan fingerprint density at radius 1 is 1.19 bits per heavy atom. The maximum atomic E-state index is 14.1. The number of hydrogen-bond donors (Lipinski definition) is 1. The molecule has 7 heteroatoms. The van der Waals surface area contributed by atoms with Crippen molar-refractivity contribution in [2.45, 2.75) is 19.4 Å². The van der Waals surface area contributed by atoms with Crippen LogP contribution in [0.25, 0.3) is 10.9 Å². The Morgan fingerprint density at radius 3 is 2.81 bits per heavy atom. The molecule has 4 rings (SSSR count). The molecule has 26 heavy (non-hydrogen) atoms. The molecule has 1 saturated heterocycles. The van der Waals surface area contributed by atoms with Gasteiger partial charge in [0.2, 0.25) is 0 Å². The van der Waals surface area contributed by atoms with Crippen molar-refractivity contribution in [3.05, 3.63) is 59.8 Å². The quantitative estimate of drug-likeness (QED) is 0.782. The molecule has 0 saturated carbocycles. The monoisotopic (exact) mass is 356 g/mol. The standard InChI is InChI=1S/C19H18F2N4O/c1-11-4-17(15-6-13(20)7-16(21)19(15)24-11)25-9-12(18(26)10-25)5-14-8-22-2-3-23-14/h2-4,6-8,12,18,26H,5,9-10H2,1H3/t12-,18-/m1/s1. The summed E-state index contributed by atoms with van der Waals surface area (Å²) in [7, 11) is 0. The largest absolute Gasteiger partial charge is 0.391 e. The third-order valence-electron chi connectivity index (χ3n) is 4.77. The van der Waals surface area contributed by atoms with Gasteiger partial charge in [-0.15, -0.1) is 0 Å². The van der Waals surface area contributed by atoms with Gasteiger partial charge in [0.15, 0.2) is 5.82 Å². The molecule has 3 heterocycles. The van der Waals surface area contributed by atoms with Gasteiger partial charge in [0.25, 0.3) is 0 Å². The molecule has 0 amide bonds. The van der Waals surface area contributed by atoms with E-state index in [1.807, 2.05) is 4.90 Å². The number of rotatable bonds is 3. The van der Waals surface area contributed by atoms with Crippen LogP contribution in [-0.2, 0) is 6.42 Å². The minimum absolute atomic E-state index is 0.0337. The SMILES string of the molecule is Cc1cc(N2C[C@@H](Cc3cnccn3)[C@H](O)C2)c2cc(F)cc(F)c2n1. The van der Waals surface area contributed by atoms with Gasteiger partial charge in [0.1, 0.15) is 11.3 Å². The second-order valence-corrected chi connectivity index (χ2v) is 6.70. The molecular weight excluding hydrogens is 338 g/mol. The number of aliphatic hydroxyl groups excluding tert-OH is 1. The third-order valence-corrected chi connectivity index (χ3v) is 4.77. The summed E-state index contributed by atoms with van der Waals surface area (Å²) in [6, 6.07) is 3.94. The Morgan fingerprint density at radius 2 is 2.04 bits per heavy atom. The van der Waals surface area contributed by atoms with E-state index in [0.717, 1.165) is 11.8 Å². The average molecular weight is 356 g/mol. The molecule has 1 aliphatic rings. The van der Waals surface area contributed by atoms with Crippen molar-refractivity contribution in [2.24, 2.45) is 5.92 Å². The van der Waals surface area contributed by atoms with Crippen molar-refractivity contribution in [2.75, 3.05) is 18.0 Å². The highest BCUT2D eigenvalue weighted by atomic mass is 19.1. The van der Waals surface area contributed by atoms with Crippen molar-refractivity contribution < 1.29 is 13.9 Å². The molecule has 0 aliphatic carbocycles. The normalized spacial score (nSPS) is 20.1. The summed E-state index contributed by atoms with van der Waals surface area (Å²) in [6.07, 6.45) is 4.96. The summed E-state index contributed by atoms with van der Waals surface area (Å²) in [5, 5.41) is 10.9. The van der Waals surface area contributed by atoms with E-state index in [0.29, 0.717) is 36.3 Å². The smallest absolute Gasteiger partial charge is 0.152 e. The zero-order chi connectivity index (χ0) is 18.3. The summed E-state index contributed by atoms with van der Waals surface area (Å²) in [5.74, 6) is -1.35. The summed E-state index contributed by atoms with van der Waals surface area (Å²) in [4.78, 5) is 14.5. The molecule has 3 aromatic rings. The zero-order valence-corrected chi connectivity index (χ0v) is 14.2. The van der Waals surface area contributed by atoms with Crippen LogP contribution in [0.15, 0.2) is 36.8 Å². The molecule has 1 aliphatic heterocycles. The van der Waals surface area contributed by atoms with Crippen LogP contribution >= 0.6 is 0 Å². The van der Waals surface area contributed by atoms with Gasteiger partial charge in [-0.1, -0.05) is 0 Å². The highest BCUT2D eigenvalue weighted by Gasteiger charge is 2.33. The number of pyridine rings is 1. The van der Waals surface area contributed by atoms with Gasteiger partial charge in [-0.2, -0.15) is 0 Å². The molecular formula is C19H18F2N4O. The number of aliphatic hydroxyl groups is 1. The van der Waals surface area contributed by atoms with Gasteiger partial charge in [-0.05, 0) is 25.5 Å². The Bertz CT molecular complexity index is 951. The van der Waals surface area contributed by atoms with Crippen LogP contribution in [-0.4, -0.2) is 39.3 Å². The number of β-amino-alcohol motifs (C(OH)–C–C–N with tert-alkyl or cyclic N) is 1. The lowest BCUT2D eigenvalue weighted by atomic mass is 10.0. The average Bonchev–Trinajstić information content (AvgIpc) is 2.96. The van der Waals surface area contributed by atoms with Crippen molar-refractivity contribution >= 4 is 16.6 Å². The molecule has 5 nitrogen and oxygen atoms in total. The lowest BCUT2D eigenvalue weighted by molar-refractivity contribution is 0.147. The first-order chi connectivity index (χ1) is 12.5. The van der Waals surface area contributed by atoms with E-state index in [9.17, 15) is 13.9 Å². The highest BCUT2D eigenvalue weighted by Crippen LogP contribution is 2.33. The van der Waals surface area contributed by atoms with E-state index in [4.69, 9.17) is 0 Å². The van der Waals surface area contributed by atoms with Gasteiger partial charge in [0, 0.05) is 60.4 Å². The fraction of sp³-hybridized carbons (Fsp3) is 0.316. The second kappa shape index (κ2) is 6.57. The minimum atomic E-state index is -0.680. The van der Waals surface area contributed by atoms with Gasteiger partial charge in [-0.3, -0.25) is 9.97 Å². The van der Waals surface area contributed by atoms with E-state index in [1.165, 1.54) is 6.07 Å². The summed E-state index contributed by atoms with van der Waals surface area (Å²) < 4.78 is 27.9. The van der Waals surface area contributed by atoms with Crippen LogP contribution in [0.3, 0.4) is 0 Å². The van der Waals surface area contributed by atoms with E-state index in [1.54, 1.807) is 31.6 Å². The Kier molecular flexibility index (Phi) is 4.24. The predicted molar refractivity (Wildman–Crippen MR) is 93.8 cm³/mol. The molecule has 0 bridgehead atoms. The maximum absolute atomic E-state index is 14.1.